The smallest absolute Gasteiger partial charge is 0.354 e. The molecule has 0 unspecified atom stereocenters. The number of rotatable bonds is 7. The van der Waals surface area contributed by atoms with Crippen LogP contribution in [-0.2, 0) is 11.8 Å². The first-order valence-electron chi connectivity index (χ1n) is 8.56. The van der Waals surface area contributed by atoms with Crippen LogP contribution in [0.2, 0.25) is 0 Å². The largest absolute Gasteiger partial charge is 0.464 e. The minimum absolute atomic E-state index is 0.105. The van der Waals surface area contributed by atoms with Gasteiger partial charge >= 0.3 is 5.97 Å². The van der Waals surface area contributed by atoms with Crippen LogP contribution in [0.4, 0.5) is 0 Å². The number of esters is 1. The second-order valence-electron chi connectivity index (χ2n) is 6.25. The molecule has 6 heteroatoms. The number of aromatic nitrogens is 1. The Bertz CT molecular complexity index is 881. The molecule has 0 atom stereocenters. The predicted octanol–water partition coefficient (Wildman–Crippen LogP) is 2.94. The number of Topliss-reactive ketones (excluding diaryl/α,β-unsaturated/α-hetero) is 1. The van der Waals surface area contributed by atoms with E-state index in [0.29, 0.717) is 28.1 Å². The second kappa shape index (κ2) is 8.49. The summed E-state index contributed by atoms with van der Waals surface area (Å²) in [4.78, 5) is 39.2. The fourth-order valence-corrected chi connectivity index (χ4v) is 3.17. The highest BCUT2D eigenvalue weighted by molar-refractivity contribution is 6.06. The normalized spacial score (nSPS) is 10.4. The van der Waals surface area contributed by atoms with E-state index >= 15 is 0 Å². The lowest BCUT2D eigenvalue weighted by atomic mass is 10.0. The van der Waals surface area contributed by atoms with Gasteiger partial charge in [0, 0.05) is 30.4 Å². The molecule has 0 fully saturated rings. The summed E-state index contributed by atoms with van der Waals surface area (Å²) in [6.45, 7) is 7.29. The molecule has 2 rings (SSSR count). The fraction of sp³-hybridized carbons (Fsp3) is 0.286. The van der Waals surface area contributed by atoms with Gasteiger partial charge in [-0.3, -0.25) is 9.59 Å². The summed E-state index contributed by atoms with van der Waals surface area (Å²) in [6.07, 6.45) is 1.58. The van der Waals surface area contributed by atoms with E-state index in [2.05, 4.69) is 6.58 Å². The third-order valence-corrected chi connectivity index (χ3v) is 4.58. The molecule has 0 aliphatic rings. The molecular formula is C21H24N2O4. The molecule has 6 nitrogen and oxygen atoms in total. The maximum Gasteiger partial charge on any atom is 0.354 e. The van der Waals surface area contributed by atoms with Crippen LogP contribution < -0.4 is 0 Å². The average molecular weight is 368 g/mol. The average Bonchev–Trinajstić information content (AvgIpc) is 2.89. The van der Waals surface area contributed by atoms with Crippen LogP contribution >= 0.6 is 0 Å². The number of carbonyl (C=O) groups is 3. The monoisotopic (exact) mass is 368 g/mol. The highest BCUT2D eigenvalue weighted by Crippen LogP contribution is 2.23. The van der Waals surface area contributed by atoms with Gasteiger partial charge in [0.15, 0.2) is 5.78 Å². The van der Waals surface area contributed by atoms with Gasteiger partial charge in [0.1, 0.15) is 5.69 Å². The zero-order chi connectivity index (χ0) is 20.1. The zero-order valence-electron chi connectivity index (χ0n) is 16.1. The summed E-state index contributed by atoms with van der Waals surface area (Å²) >= 11 is 0. The molecule has 142 valence electrons. The van der Waals surface area contributed by atoms with Crippen molar-refractivity contribution in [3.63, 3.8) is 0 Å². The van der Waals surface area contributed by atoms with Crippen molar-refractivity contribution >= 4 is 17.7 Å². The summed E-state index contributed by atoms with van der Waals surface area (Å²) in [7, 11) is 3.01. The molecule has 1 heterocycles. The number of amides is 1. The molecule has 0 saturated carbocycles. The van der Waals surface area contributed by atoms with Gasteiger partial charge < -0.3 is 14.2 Å². The Hall–Kier alpha value is -3.15. The van der Waals surface area contributed by atoms with E-state index < -0.39 is 5.97 Å². The molecule has 0 aliphatic heterocycles. The van der Waals surface area contributed by atoms with Gasteiger partial charge in [-0.25, -0.2) is 4.79 Å². The number of carbonyl (C=O) groups excluding carboxylic acids is 3. The van der Waals surface area contributed by atoms with E-state index in [9.17, 15) is 14.4 Å². The Kier molecular flexibility index (Phi) is 6.34. The SMILES string of the molecule is C=CCN(CC(=O)c1c(C)c(C(=O)OC)n(C)c1C)C(=O)c1ccccc1. The van der Waals surface area contributed by atoms with Crippen LogP contribution in [0.15, 0.2) is 43.0 Å². The summed E-state index contributed by atoms with van der Waals surface area (Å²) in [5.41, 5.74) is 2.49. The Balaban J connectivity index is 2.35. The van der Waals surface area contributed by atoms with Crippen molar-refractivity contribution in [2.24, 2.45) is 7.05 Å². The molecule has 2 aromatic rings. The summed E-state index contributed by atoms with van der Waals surface area (Å²) < 4.78 is 6.46. The maximum absolute atomic E-state index is 13.0. The summed E-state index contributed by atoms with van der Waals surface area (Å²) in [5, 5.41) is 0. The lowest BCUT2D eigenvalue weighted by Crippen LogP contribution is -2.36. The first-order chi connectivity index (χ1) is 12.8. The van der Waals surface area contributed by atoms with Gasteiger partial charge in [-0.05, 0) is 31.5 Å². The zero-order valence-corrected chi connectivity index (χ0v) is 16.1. The quantitative estimate of drug-likeness (QED) is 0.428. The minimum Gasteiger partial charge on any atom is -0.464 e. The van der Waals surface area contributed by atoms with Crippen molar-refractivity contribution in [1.29, 1.82) is 0 Å². The molecule has 1 amide bonds. The number of hydrogen-bond donors (Lipinski definition) is 0. The maximum atomic E-state index is 13.0. The van der Waals surface area contributed by atoms with Gasteiger partial charge in [-0.1, -0.05) is 24.3 Å². The molecule has 1 aromatic heterocycles. The standard InChI is InChI=1S/C21H24N2O4/c1-6-12-23(20(25)16-10-8-7-9-11-16)13-17(24)18-14(2)19(21(26)27-5)22(4)15(18)3/h6-11H,1,12-13H2,2-5H3. The summed E-state index contributed by atoms with van der Waals surface area (Å²) in [6, 6.07) is 8.78. The topological polar surface area (TPSA) is 68.6 Å². The van der Waals surface area contributed by atoms with E-state index in [-0.39, 0.29) is 24.8 Å². The molecule has 1 aromatic carbocycles. The number of ketones is 1. The highest BCUT2D eigenvalue weighted by Gasteiger charge is 2.27. The number of benzene rings is 1. The van der Waals surface area contributed by atoms with Gasteiger partial charge in [0.25, 0.3) is 5.91 Å². The van der Waals surface area contributed by atoms with E-state index in [0.717, 1.165) is 0 Å². The number of nitrogens with zero attached hydrogens (tertiary/aromatic N) is 2. The predicted molar refractivity (Wildman–Crippen MR) is 103 cm³/mol. The molecule has 0 N–H and O–H groups in total. The van der Waals surface area contributed by atoms with E-state index in [1.54, 1.807) is 55.8 Å². The van der Waals surface area contributed by atoms with Gasteiger partial charge in [-0.15, -0.1) is 6.58 Å². The van der Waals surface area contributed by atoms with Crippen LogP contribution in [0.1, 0.15) is 42.5 Å². The van der Waals surface area contributed by atoms with Crippen LogP contribution in [0, 0.1) is 13.8 Å². The van der Waals surface area contributed by atoms with Gasteiger partial charge in [-0.2, -0.15) is 0 Å². The van der Waals surface area contributed by atoms with Crippen LogP contribution in [0.3, 0.4) is 0 Å². The Morgan fingerprint density at radius 1 is 1.19 bits per heavy atom. The molecular weight excluding hydrogens is 344 g/mol. The van der Waals surface area contributed by atoms with Crippen molar-refractivity contribution in [3.8, 4) is 0 Å². The molecule has 27 heavy (non-hydrogen) atoms. The van der Waals surface area contributed by atoms with Crippen molar-refractivity contribution in [2.45, 2.75) is 13.8 Å². The third kappa shape index (κ3) is 4.00. The number of hydrogen-bond acceptors (Lipinski definition) is 4. The first-order valence-corrected chi connectivity index (χ1v) is 8.56. The lowest BCUT2D eigenvalue weighted by Gasteiger charge is -2.20. The third-order valence-electron chi connectivity index (χ3n) is 4.58. The summed E-state index contributed by atoms with van der Waals surface area (Å²) in [5.74, 6) is -0.981. The van der Waals surface area contributed by atoms with Crippen molar-refractivity contribution in [3.05, 3.63) is 71.1 Å². The van der Waals surface area contributed by atoms with E-state index in [1.165, 1.54) is 12.0 Å². The van der Waals surface area contributed by atoms with Crippen LogP contribution in [-0.4, -0.2) is 47.3 Å². The first kappa shape index (κ1) is 20.2. The molecule has 0 aliphatic carbocycles. The number of methoxy groups -OCH3 is 1. The molecule has 0 radical (unpaired) electrons. The van der Waals surface area contributed by atoms with Crippen molar-refractivity contribution in [1.82, 2.24) is 9.47 Å². The molecule has 0 spiro atoms. The highest BCUT2D eigenvalue weighted by atomic mass is 16.5. The van der Waals surface area contributed by atoms with Crippen LogP contribution in [0.5, 0.6) is 0 Å². The van der Waals surface area contributed by atoms with Crippen LogP contribution in [0.25, 0.3) is 0 Å². The Labute approximate surface area is 159 Å². The Morgan fingerprint density at radius 3 is 2.37 bits per heavy atom. The van der Waals surface area contributed by atoms with Crippen molar-refractivity contribution in [2.75, 3.05) is 20.2 Å². The molecule has 0 bridgehead atoms. The number of ether oxygens (including phenoxy) is 1. The fourth-order valence-electron chi connectivity index (χ4n) is 3.17. The molecule has 0 saturated heterocycles. The second-order valence-corrected chi connectivity index (χ2v) is 6.25. The van der Waals surface area contributed by atoms with E-state index in [4.69, 9.17) is 4.74 Å². The van der Waals surface area contributed by atoms with Gasteiger partial charge in [0.2, 0.25) is 0 Å². The van der Waals surface area contributed by atoms with Crippen molar-refractivity contribution < 1.29 is 19.1 Å². The lowest BCUT2D eigenvalue weighted by molar-refractivity contribution is 0.0588. The minimum atomic E-state index is -0.500. The van der Waals surface area contributed by atoms with E-state index in [1.807, 2.05) is 6.07 Å². The Morgan fingerprint density at radius 2 is 1.81 bits per heavy atom. The van der Waals surface area contributed by atoms with Gasteiger partial charge in [0.05, 0.1) is 13.7 Å².